The fourth-order valence-electron chi connectivity index (χ4n) is 3.26. The number of carbonyl (C=O) groups excluding carboxylic acids is 1. The van der Waals surface area contributed by atoms with Gasteiger partial charge in [-0.25, -0.2) is 13.6 Å². The number of carbonyl (C=O) groups is 2. The maximum Gasteiger partial charge on any atom is 0.356 e. The first-order chi connectivity index (χ1) is 10.4. The summed E-state index contributed by atoms with van der Waals surface area (Å²) >= 11 is 0. The Hall–Kier alpha value is -1.99. The topological polar surface area (TPSA) is 84.2 Å². The number of rotatable bonds is 5. The van der Waals surface area contributed by atoms with Crippen LogP contribution in [0.25, 0.3) is 0 Å². The summed E-state index contributed by atoms with van der Waals surface area (Å²) in [6.07, 6.45) is 2.70. The van der Waals surface area contributed by atoms with Crippen LogP contribution in [-0.2, 0) is 11.3 Å². The van der Waals surface area contributed by atoms with Gasteiger partial charge in [-0.1, -0.05) is 0 Å². The van der Waals surface area contributed by atoms with E-state index >= 15 is 0 Å². The molecule has 3 atom stereocenters. The molecule has 2 aliphatic carbocycles. The van der Waals surface area contributed by atoms with Crippen LogP contribution in [0.15, 0.2) is 12.3 Å². The minimum absolute atomic E-state index is 0.0550. The summed E-state index contributed by atoms with van der Waals surface area (Å²) in [5.41, 5.74) is -0.0550. The molecule has 2 fully saturated rings. The first-order valence-electron chi connectivity index (χ1n) is 7.32. The van der Waals surface area contributed by atoms with Crippen LogP contribution < -0.4 is 5.32 Å². The van der Waals surface area contributed by atoms with Crippen molar-refractivity contribution < 1.29 is 23.5 Å². The van der Waals surface area contributed by atoms with Gasteiger partial charge in [0.2, 0.25) is 5.91 Å². The van der Waals surface area contributed by atoms with Gasteiger partial charge in [-0.3, -0.25) is 9.48 Å². The van der Waals surface area contributed by atoms with Crippen LogP contribution in [0.2, 0.25) is 0 Å². The van der Waals surface area contributed by atoms with E-state index in [0.717, 1.165) is 0 Å². The van der Waals surface area contributed by atoms with E-state index in [0.29, 0.717) is 25.9 Å². The van der Waals surface area contributed by atoms with Gasteiger partial charge in [-0.15, -0.1) is 0 Å². The van der Waals surface area contributed by atoms with Crippen molar-refractivity contribution in [3.8, 4) is 0 Å². The fraction of sp³-hybridized carbons (Fsp3) is 0.643. The Balaban J connectivity index is 1.43. The number of fused-ring (bicyclic) bond motifs is 1. The summed E-state index contributed by atoms with van der Waals surface area (Å²) in [6.45, 7) is 0.633. The zero-order valence-electron chi connectivity index (χ0n) is 11.8. The number of hydrogen-bond donors (Lipinski definition) is 2. The van der Waals surface area contributed by atoms with Crippen molar-refractivity contribution in [1.82, 2.24) is 15.1 Å². The monoisotopic (exact) mass is 313 g/mol. The minimum atomic E-state index is -2.57. The summed E-state index contributed by atoms with van der Waals surface area (Å²) in [7, 11) is 0. The zero-order chi connectivity index (χ0) is 15.9. The van der Waals surface area contributed by atoms with E-state index in [4.69, 9.17) is 5.11 Å². The fourth-order valence-corrected chi connectivity index (χ4v) is 3.26. The first-order valence-corrected chi connectivity index (χ1v) is 7.32. The van der Waals surface area contributed by atoms with Crippen LogP contribution >= 0.6 is 0 Å². The van der Waals surface area contributed by atoms with Crippen LogP contribution in [0, 0.1) is 17.8 Å². The standard InChI is InChI=1S/C14H17F2N3O3/c15-14(16)9-2-1-8(7-10(9)14)12(20)17-4-6-19-5-3-11(18-19)13(21)22/h3,5,8-10H,1-2,4,6-7H2,(H,17,20)(H,21,22)/t8-,9+,10-/m1/s1. The maximum absolute atomic E-state index is 13.3. The smallest absolute Gasteiger partial charge is 0.356 e. The van der Waals surface area contributed by atoms with Crippen molar-refractivity contribution in [2.24, 2.45) is 17.8 Å². The number of amides is 1. The number of carboxylic acid groups (broad SMARTS) is 1. The summed E-state index contributed by atoms with van der Waals surface area (Å²) in [4.78, 5) is 22.7. The highest BCUT2D eigenvalue weighted by Gasteiger charge is 2.69. The molecule has 2 aliphatic rings. The highest BCUT2D eigenvalue weighted by atomic mass is 19.3. The quantitative estimate of drug-likeness (QED) is 0.860. The lowest BCUT2D eigenvalue weighted by atomic mass is 9.89. The third-order valence-corrected chi connectivity index (χ3v) is 4.60. The van der Waals surface area contributed by atoms with Gasteiger partial charge in [0.1, 0.15) is 0 Å². The molecule has 3 rings (SSSR count). The van der Waals surface area contributed by atoms with Gasteiger partial charge in [0, 0.05) is 30.5 Å². The second kappa shape index (κ2) is 5.33. The molecular weight excluding hydrogens is 296 g/mol. The van der Waals surface area contributed by atoms with Crippen LogP contribution in [-0.4, -0.2) is 39.2 Å². The van der Waals surface area contributed by atoms with Crippen molar-refractivity contribution in [3.63, 3.8) is 0 Å². The number of hydrogen-bond acceptors (Lipinski definition) is 3. The Morgan fingerprint density at radius 1 is 1.41 bits per heavy atom. The Bertz CT molecular complexity index is 602. The first kappa shape index (κ1) is 14.9. The van der Waals surface area contributed by atoms with E-state index in [-0.39, 0.29) is 23.9 Å². The average Bonchev–Trinajstić information content (AvgIpc) is 2.86. The highest BCUT2D eigenvalue weighted by Crippen LogP contribution is 2.63. The molecule has 1 heterocycles. The summed E-state index contributed by atoms with van der Waals surface area (Å²) in [5.74, 6) is -5.37. The number of aromatic nitrogens is 2. The van der Waals surface area contributed by atoms with Crippen molar-refractivity contribution in [1.29, 1.82) is 0 Å². The molecule has 0 bridgehead atoms. The van der Waals surface area contributed by atoms with Gasteiger partial charge >= 0.3 is 5.97 Å². The number of nitrogens with zero attached hydrogens (tertiary/aromatic N) is 2. The molecule has 2 saturated carbocycles. The molecule has 0 aliphatic heterocycles. The molecule has 120 valence electrons. The highest BCUT2D eigenvalue weighted by molar-refractivity contribution is 5.85. The summed E-state index contributed by atoms with van der Waals surface area (Å²) < 4.78 is 28.0. The van der Waals surface area contributed by atoms with Gasteiger partial charge in [0.15, 0.2) is 5.69 Å². The number of nitrogens with one attached hydrogen (secondary N) is 1. The van der Waals surface area contributed by atoms with Gasteiger partial charge in [-0.05, 0) is 25.3 Å². The van der Waals surface area contributed by atoms with E-state index in [1.165, 1.54) is 16.9 Å². The predicted octanol–water partition coefficient (Wildman–Crippen LogP) is 1.38. The van der Waals surface area contributed by atoms with Gasteiger partial charge < -0.3 is 10.4 Å². The number of aromatic carboxylic acids is 1. The molecule has 22 heavy (non-hydrogen) atoms. The van der Waals surface area contributed by atoms with E-state index in [1.807, 2.05) is 0 Å². The second-order valence-corrected chi connectivity index (χ2v) is 5.96. The van der Waals surface area contributed by atoms with Gasteiger partial charge in [-0.2, -0.15) is 5.10 Å². The van der Waals surface area contributed by atoms with Crippen molar-refractivity contribution in [2.45, 2.75) is 31.7 Å². The molecule has 0 radical (unpaired) electrons. The summed E-state index contributed by atoms with van der Waals surface area (Å²) in [5, 5.41) is 15.3. The lowest BCUT2D eigenvalue weighted by Gasteiger charge is -2.19. The molecule has 0 spiro atoms. The lowest BCUT2D eigenvalue weighted by molar-refractivity contribution is -0.126. The van der Waals surface area contributed by atoms with Crippen molar-refractivity contribution in [3.05, 3.63) is 18.0 Å². The normalized spacial score (nSPS) is 28.7. The Labute approximate surface area is 125 Å². The third kappa shape index (κ3) is 2.69. The van der Waals surface area contributed by atoms with Crippen LogP contribution in [0.3, 0.4) is 0 Å². The molecule has 1 amide bonds. The van der Waals surface area contributed by atoms with Gasteiger partial charge in [0.05, 0.1) is 6.54 Å². The predicted molar refractivity (Wildman–Crippen MR) is 71.5 cm³/mol. The molecule has 1 aromatic rings. The molecule has 6 nitrogen and oxygen atoms in total. The Morgan fingerprint density at radius 2 is 2.18 bits per heavy atom. The van der Waals surface area contributed by atoms with Crippen LogP contribution in [0.1, 0.15) is 29.8 Å². The molecule has 1 aromatic heterocycles. The van der Waals surface area contributed by atoms with Crippen molar-refractivity contribution >= 4 is 11.9 Å². The zero-order valence-corrected chi connectivity index (χ0v) is 11.8. The number of carboxylic acids is 1. The van der Waals surface area contributed by atoms with E-state index in [1.54, 1.807) is 0 Å². The Morgan fingerprint density at radius 3 is 2.82 bits per heavy atom. The van der Waals surface area contributed by atoms with Crippen LogP contribution in [0.5, 0.6) is 0 Å². The van der Waals surface area contributed by atoms with Crippen molar-refractivity contribution in [2.75, 3.05) is 6.54 Å². The van der Waals surface area contributed by atoms with E-state index < -0.39 is 23.7 Å². The molecule has 0 aromatic carbocycles. The molecule has 2 N–H and O–H groups in total. The SMILES string of the molecule is O=C(O)c1ccn(CCNC(=O)[C@@H]2CC[C@H]3[C@@H](C2)C3(F)F)n1. The van der Waals surface area contributed by atoms with Crippen LogP contribution in [0.4, 0.5) is 8.78 Å². The number of alkyl halides is 2. The summed E-state index contributed by atoms with van der Waals surface area (Å²) in [6, 6.07) is 1.38. The molecular formula is C14H17F2N3O3. The molecule has 0 saturated heterocycles. The van der Waals surface area contributed by atoms with E-state index in [9.17, 15) is 18.4 Å². The molecule has 0 unspecified atom stereocenters. The molecule has 8 heteroatoms. The largest absolute Gasteiger partial charge is 0.476 e. The average molecular weight is 313 g/mol. The van der Waals surface area contributed by atoms with E-state index in [2.05, 4.69) is 10.4 Å². The lowest BCUT2D eigenvalue weighted by Crippen LogP contribution is -2.34. The maximum atomic E-state index is 13.3. The second-order valence-electron chi connectivity index (χ2n) is 5.96. The number of halogens is 2. The minimum Gasteiger partial charge on any atom is -0.476 e. The van der Waals surface area contributed by atoms with Gasteiger partial charge in [0.25, 0.3) is 5.92 Å². The third-order valence-electron chi connectivity index (χ3n) is 4.60. The Kier molecular flexibility index (Phi) is 3.62.